The molecule has 0 unspecified atom stereocenters. The Kier molecular flexibility index (Phi) is 8.20. The standard InChI is InChI=1S/C27H30O14/c1-10-20(32)22(34)24(36)26(37-10)41-25-23(35)21(33)18(9-28)40-27(25)38-13-6-14(30)19-15(31)8-16(39-17(19)7-13)11-2-4-12(29)5-3-11/h2-8,10,18,20-30,32-36H,9H2,1H3/t10-,18+,20-,21+,22+,23-,24+,25+,26-,27+/m1/s1. The Bertz CT molecular complexity index is 1420. The molecular formula is C27H30O14. The first kappa shape index (κ1) is 29.2. The summed E-state index contributed by atoms with van der Waals surface area (Å²) >= 11 is 0. The van der Waals surface area contributed by atoms with E-state index in [1.54, 1.807) is 0 Å². The van der Waals surface area contributed by atoms with Gasteiger partial charge in [-0.25, -0.2) is 0 Å². The second kappa shape index (κ2) is 11.5. The van der Waals surface area contributed by atoms with Crippen LogP contribution in [0.2, 0.25) is 0 Å². The van der Waals surface area contributed by atoms with Gasteiger partial charge >= 0.3 is 0 Å². The molecule has 2 aromatic carbocycles. The van der Waals surface area contributed by atoms with Crippen molar-refractivity contribution in [2.75, 3.05) is 6.61 Å². The Morgan fingerprint density at radius 1 is 0.829 bits per heavy atom. The number of rotatable bonds is 6. The van der Waals surface area contributed by atoms with E-state index in [0.717, 1.165) is 6.07 Å². The first-order valence-electron chi connectivity index (χ1n) is 12.7. The smallest absolute Gasteiger partial charge is 0.229 e. The number of phenolic OH excluding ortho intramolecular Hbond substituents is 2. The van der Waals surface area contributed by atoms with Gasteiger partial charge in [0.05, 0.1) is 12.7 Å². The highest BCUT2D eigenvalue weighted by Crippen LogP contribution is 2.35. The zero-order valence-corrected chi connectivity index (χ0v) is 21.5. The van der Waals surface area contributed by atoms with E-state index in [9.17, 15) is 45.6 Å². The first-order valence-corrected chi connectivity index (χ1v) is 12.7. The molecule has 8 N–H and O–H groups in total. The van der Waals surface area contributed by atoms with Crippen LogP contribution in [-0.2, 0) is 14.2 Å². The zero-order chi connectivity index (χ0) is 29.6. The quantitative estimate of drug-likeness (QED) is 0.174. The fraction of sp³-hybridized carbons (Fsp3) is 0.444. The molecular weight excluding hydrogens is 548 g/mol. The summed E-state index contributed by atoms with van der Waals surface area (Å²) in [7, 11) is 0. The Morgan fingerprint density at radius 3 is 2.22 bits per heavy atom. The minimum atomic E-state index is -1.76. The van der Waals surface area contributed by atoms with Gasteiger partial charge in [0.2, 0.25) is 6.29 Å². The van der Waals surface area contributed by atoms with Crippen LogP contribution in [0.1, 0.15) is 6.92 Å². The van der Waals surface area contributed by atoms with Crippen LogP contribution in [-0.4, -0.2) is 109 Å². The monoisotopic (exact) mass is 578 g/mol. The molecule has 0 spiro atoms. The van der Waals surface area contributed by atoms with E-state index < -0.39 is 79.2 Å². The van der Waals surface area contributed by atoms with Crippen molar-refractivity contribution in [1.82, 2.24) is 0 Å². The van der Waals surface area contributed by atoms with E-state index in [1.165, 1.54) is 43.3 Å². The van der Waals surface area contributed by atoms with Gasteiger partial charge in [-0.05, 0) is 31.2 Å². The molecule has 2 fully saturated rings. The molecule has 222 valence electrons. The molecule has 10 atom stereocenters. The average molecular weight is 579 g/mol. The van der Waals surface area contributed by atoms with Gasteiger partial charge < -0.3 is 64.2 Å². The minimum Gasteiger partial charge on any atom is -0.508 e. The van der Waals surface area contributed by atoms with Crippen LogP contribution in [0.5, 0.6) is 17.2 Å². The van der Waals surface area contributed by atoms with E-state index in [2.05, 4.69) is 0 Å². The van der Waals surface area contributed by atoms with E-state index in [-0.39, 0.29) is 28.2 Å². The van der Waals surface area contributed by atoms with Gasteiger partial charge in [-0.1, -0.05) is 0 Å². The van der Waals surface area contributed by atoms with Crippen molar-refractivity contribution in [3.8, 4) is 28.6 Å². The minimum absolute atomic E-state index is 0.00857. The van der Waals surface area contributed by atoms with Gasteiger partial charge in [-0.2, -0.15) is 0 Å². The Balaban J connectivity index is 1.47. The molecule has 3 heterocycles. The lowest BCUT2D eigenvalue weighted by Gasteiger charge is -2.45. The van der Waals surface area contributed by atoms with Gasteiger partial charge in [-0.3, -0.25) is 4.79 Å². The van der Waals surface area contributed by atoms with Crippen molar-refractivity contribution in [2.24, 2.45) is 0 Å². The molecule has 2 saturated heterocycles. The van der Waals surface area contributed by atoms with Gasteiger partial charge in [-0.15, -0.1) is 0 Å². The highest BCUT2D eigenvalue weighted by molar-refractivity contribution is 5.86. The fourth-order valence-electron chi connectivity index (χ4n) is 4.79. The second-order valence-corrected chi connectivity index (χ2v) is 9.94. The lowest BCUT2D eigenvalue weighted by molar-refractivity contribution is -0.354. The highest BCUT2D eigenvalue weighted by atomic mass is 16.8. The van der Waals surface area contributed by atoms with Gasteiger partial charge in [0.25, 0.3) is 0 Å². The molecule has 14 nitrogen and oxygen atoms in total. The summed E-state index contributed by atoms with van der Waals surface area (Å²) in [6.45, 7) is 0.704. The lowest BCUT2D eigenvalue weighted by Crippen LogP contribution is -2.64. The molecule has 2 aliphatic heterocycles. The van der Waals surface area contributed by atoms with E-state index in [1.807, 2.05) is 0 Å². The van der Waals surface area contributed by atoms with Crippen molar-refractivity contribution in [3.63, 3.8) is 0 Å². The molecule has 0 amide bonds. The highest BCUT2D eigenvalue weighted by Gasteiger charge is 2.50. The van der Waals surface area contributed by atoms with Crippen molar-refractivity contribution >= 4 is 11.0 Å². The fourth-order valence-corrected chi connectivity index (χ4v) is 4.79. The normalized spacial score (nSPS) is 34.0. The molecule has 41 heavy (non-hydrogen) atoms. The second-order valence-electron chi connectivity index (χ2n) is 9.94. The average Bonchev–Trinajstić information content (AvgIpc) is 2.94. The summed E-state index contributed by atoms with van der Waals surface area (Å²) in [4.78, 5) is 12.8. The zero-order valence-electron chi connectivity index (χ0n) is 21.5. The Morgan fingerprint density at radius 2 is 1.54 bits per heavy atom. The SMILES string of the molecule is C[C@H]1O[C@H](O[C@@H]2[C@@H](Oc3cc(O)c4c(=O)cc(-c5ccc(O)cc5)oc4c3)O[C@@H](CO)[C@H](O)[C@H]2O)[C@@H](O)[C@@H](O)[C@@H]1O. The van der Waals surface area contributed by atoms with Crippen LogP contribution in [0.4, 0.5) is 0 Å². The summed E-state index contributed by atoms with van der Waals surface area (Å²) in [6, 6.07) is 9.38. The largest absolute Gasteiger partial charge is 0.508 e. The van der Waals surface area contributed by atoms with Crippen molar-refractivity contribution < 1.29 is 64.2 Å². The van der Waals surface area contributed by atoms with Crippen molar-refractivity contribution in [3.05, 3.63) is 52.7 Å². The van der Waals surface area contributed by atoms with Crippen LogP contribution in [0, 0.1) is 0 Å². The number of aliphatic hydroxyl groups is 6. The van der Waals surface area contributed by atoms with Crippen LogP contribution in [0.25, 0.3) is 22.3 Å². The maximum atomic E-state index is 12.8. The number of hydrogen-bond acceptors (Lipinski definition) is 14. The summed E-state index contributed by atoms with van der Waals surface area (Å²) in [5.74, 6) is -0.498. The maximum Gasteiger partial charge on any atom is 0.229 e. The Hall–Kier alpha value is -3.31. The van der Waals surface area contributed by atoms with Crippen molar-refractivity contribution in [2.45, 2.75) is 68.3 Å². The number of phenols is 2. The van der Waals surface area contributed by atoms with Crippen LogP contribution < -0.4 is 10.2 Å². The number of hydrogen-bond donors (Lipinski definition) is 8. The van der Waals surface area contributed by atoms with Crippen LogP contribution >= 0.6 is 0 Å². The van der Waals surface area contributed by atoms with Crippen LogP contribution in [0.3, 0.4) is 0 Å². The van der Waals surface area contributed by atoms with Crippen molar-refractivity contribution in [1.29, 1.82) is 0 Å². The number of aliphatic hydroxyl groups excluding tert-OH is 6. The number of benzene rings is 2. The lowest BCUT2D eigenvalue weighted by atomic mass is 9.97. The molecule has 0 radical (unpaired) electrons. The third-order valence-corrected chi connectivity index (χ3v) is 7.11. The maximum absolute atomic E-state index is 12.8. The predicted molar refractivity (Wildman–Crippen MR) is 137 cm³/mol. The first-order chi connectivity index (χ1) is 19.5. The molecule has 1 aromatic heterocycles. The summed E-state index contributed by atoms with van der Waals surface area (Å²) in [5, 5.41) is 81.4. The van der Waals surface area contributed by atoms with Gasteiger partial charge in [0.1, 0.15) is 70.6 Å². The number of fused-ring (bicyclic) bond motifs is 1. The molecule has 5 rings (SSSR count). The molecule has 2 aliphatic rings. The predicted octanol–water partition coefficient (Wildman–Crippen LogP) is -1.10. The van der Waals surface area contributed by atoms with E-state index in [0.29, 0.717) is 5.56 Å². The third kappa shape index (κ3) is 5.61. The molecule has 14 heteroatoms. The van der Waals surface area contributed by atoms with Crippen LogP contribution in [0.15, 0.2) is 51.7 Å². The van der Waals surface area contributed by atoms with E-state index in [4.69, 9.17) is 23.4 Å². The topological polar surface area (TPSA) is 229 Å². The third-order valence-electron chi connectivity index (χ3n) is 7.11. The summed E-state index contributed by atoms with van der Waals surface area (Å²) in [6.07, 6.45) is -15.3. The molecule has 3 aromatic rings. The summed E-state index contributed by atoms with van der Waals surface area (Å²) < 4.78 is 28.4. The number of aromatic hydroxyl groups is 2. The molecule has 0 aliphatic carbocycles. The van der Waals surface area contributed by atoms with Gasteiger partial charge in [0, 0.05) is 23.8 Å². The Labute approximate surface area is 231 Å². The molecule has 0 saturated carbocycles. The molecule has 0 bridgehead atoms. The number of ether oxygens (including phenoxy) is 4. The summed E-state index contributed by atoms with van der Waals surface area (Å²) in [5.41, 5.74) is -0.182. The van der Waals surface area contributed by atoms with E-state index >= 15 is 0 Å². The van der Waals surface area contributed by atoms with Gasteiger partial charge in [0.15, 0.2) is 17.8 Å².